The van der Waals surface area contributed by atoms with E-state index in [4.69, 9.17) is 0 Å². The molecule has 0 aromatic carbocycles. The molecular formula is C12H26N4O2S. The van der Waals surface area contributed by atoms with Gasteiger partial charge in [0.25, 0.3) is 0 Å². The van der Waals surface area contributed by atoms with Gasteiger partial charge in [-0.1, -0.05) is 0 Å². The highest BCUT2D eigenvalue weighted by Gasteiger charge is 2.16. The Morgan fingerprint density at radius 2 is 1.58 bits per heavy atom. The van der Waals surface area contributed by atoms with Crippen LogP contribution in [0.3, 0.4) is 0 Å². The summed E-state index contributed by atoms with van der Waals surface area (Å²) in [4.78, 5) is 4.52. The van der Waals surface area contributed by atoms with Crippen molar-refractivity contribution >= 4 is 10.0 Å². The third kappa shape index (κ3) is 5.74. The van der Waals surface area contributed by atoms with Crippen LogP contribution in [0.25, 0.3) is 0 Å². The molecule has 2 aliphatic rings. The number of likely N-dealkylation sites (tertiary alicyclic amines) is 1. The molecule has 0 saturated carbocycles. The molecule has 0 spiro atoms. The lowest BCUT2D eigenvalue weighted by atomic mass is 10.4. The maximum atomic E-state index is 11.9. The normalized spacial score (nSPS) is 22.9. The number of sulfonamides is 1. The molecule has 2 saturated heterocycles. The zero-order valence-corrected chi connectivity index (χ0v) is 12.4. The first-order chi connectivity index (χ1) is 9.16. The summed E-state index contributed by atoms with van der Waals surface area (Å²) in [7, 11) is -3.11. The maximum Gasteiger partial charge on any atom is 0.212 e. The second-order valence-electron chi connectivity index (χ2n) is 5.35. The van der Waals surface area contributed by atoms with Crippen molar-refractivity contribution in [2.75, 3.05) is 64.7 Å². The van der Waals surface area contributed by atoms with Crippen molar-refractivity contribution in [1.29, 1.82) is 0 Å². The summed E-state index contributed by atoms with van der Waals surface area (Å²) >= 11 is 0. The molecule has 2 heterocycles. The van der Waals surface area contributed by atoms with Gasteiger partial charge in [0.05, 0.1) is 5.75 Å². The van der Waals surface area contributed by atoms with Gasteiger partial charge in [0.15, 0.2) is 0 Å². The Bertz CT molecular complexity index is 349. The van der Waals surface area contributed by atoms with Gasteiger partial charge in [-0.3, -0.25) is 4.90 Å². The zero-order valence-electron chi connectivity index (χ0n) is 11.6. The van der Waals surface area contributed by atoms with E-state index in [1.807, 2.05) is 0 Å². The summed E-state index contributed by atoms with van der Waals surface area (Å²) in [6.45, 7) is 8.07. The first-order valence-corrected chi connectivity index (χ1v) is 8.94. The monoisotopic (exact) mass is 290 g/mol. The number of nitrogens with zero attached hydrogens (tertiary/aromatic N) is 2. The first-order valence-electron chi connectivity index (χ1n) is 7.28. The summed E-state index contributed by atoms with van der Waals surface area (Å²) in [5.74, 6) is 0.215. The first kappa shape index (κ1) is 15.2. The standard InChI is InChI=1S/C12H26N4O2S/c17-19(18,12-11-16-8-3-13-4-9-16)14-5-10-15-6-1-2-7-15/h13-14H,1-12H2. The van der Waals surface area contributed by atoms with Crippen LogP contribution in [0.5, 0.6) is 0 Å². The van der Waals surface area contributed by atoms with Crippen molar-refractivity contribution in [1.82, 2.24) is 19.8 Å². The molecule has 0 radical (unpaired) electrons. The molecule has 2 fully saturated rings. The van der Waals surface area contributed by atoms with Crippen LogP contribution in [-0.2, 0) is 10.0 Å². The number of hydrogen-bond donors (Lipinski definition) is 2. The summed E-state index contributed by atoms with van der Waals surface area (Å²) in [6, 6.07) is 0. The van der Waals surface area contributed by atoms with Crippen LogP contribution in [-0.4, -0.2) is 82.9 Å². The number of piperazine rings is 1. The van der Waals surface area contributed by atoms with E-state index < -0.39 is 10.0 Å². The van der Waals surface area contributed by atoms with Gasteiger partial charge in [-0.15, -0.1) is 0 Å². The Labute approximate surface area is 116 Å². The Hall–Kier alpha value is -0.210. The Morgan fingerprint density at radius 3 is 2.26 bits per heavy atom. The summed E-state index contributed by atoms with van der Waals surface area (Å²) < 4.78 is 26.5. The molecule has 0 amide bonds. The molecular weight excluding hydrogens is 264 g/mol. The predicted octanol–water partition coefficient (Wildman–Crippen LogP) is -1.09. The van der Waals surface area contributed by atoms with Gasteiger partial charge in [0, 0.05) is 45.8 Å². The minimum absolute atomic E-state index is 0.215. The van der Waals surface area contributed by atoms with E-state index in [1.54, 1.807) is 0 Å². The molecule has 2 aliphatic heterocycles. The van der Waals surface area contributed by atoms with E-state index in [0.29, 0.717) is 13.1 Å². The van der Waals surface area contributed by atoms with E-state index in [-0.39, 0.29) is 5.75 Å². The minimum atomic E-state index is -3.11. The summed E-state index contributed by atoms with van der Waals surface area (Å²) in [6.07, 6.45) is 2.49. The molecule has 0 atom stereocenters. The topological polar surface area (TPSA) is 64.7 Å². The predicted molar refractivity (Wildman–Crippen MR) is 76.8 cm³/mol. The molecule has 19 heavy (non-hydrogen) atoms. The third-order valence-corrected chi connectivity index (χ3v) is 5.20. The highest BCUT2D eigenvalue weighted by atomic mass is 32.2. The van der Waals surface area contributed by atoms with Crippen molar-refractivity contribution in [3.05, 3.63) is 0 Å². The fourth-order valence-electron chi connectivity index (χ4n) is 2.62. The van der Waals surface area contributed by atoms with Crippen molar-refractivity contribution in [2.24, 2.45) is 0 Å². The molecule has 0 bridgehead atoms. The summed E-state index contributed by atoms with van der Waals surface area (Å²) in [5.41, 5.74) is 0. The molecule has 0 aromatic heterocycles. The van der Waals surface area contributed by atoms with Gasteiger partial charge in [-0.25, -0.2) is 13.1 Å². The van der Waals surface area contributed by atoms with E-state index in [1.165, 1.54) is 12.8 Å². The third-order valence-electron chi connectivity index (χ3n) is 3.83. The lowest BCUT2D eigenvalue weighted by molar-refractivity contribution is 0.253. The fraction of sp³-hybridized carbons (Fsp3) is 1.00. The molecule has 2 N–H and O–H groups in total. The van der Waals surface area contributed by atoms with Crippen molar-refractivity contribution in [3.8, 4) is 0 Å². The highest BCUT2D eigenvalue weighted by molar-refractivity contribution is 7.89. The Kier molecular flexibility index (Phi) is 6.03. The van der Waals surface area contributed by atoms with Crippen LogP contribution in [0.2, 0.25) is 0 Å². The van der Waals surface area contributed by atoms with Gasteiger partial charge in [-0.2, -0.15) is 0 Å². The van der Waals surface area contributed by atoms with E-state index >= 15 is 0 Å². The summed E-state index contributed by atoms with van der Waals surface area (Å²) in [5, 5.41) is 3.27. The van der Waals surface area contributed by atoms with Gasteiger partial charge in [0.1, 0.15) is 0 Å². The van der Waals surface area contributed by atoms with E-state index in [2.05, 4.69) is 19.8 Å². The molecule has 0 aliphatic carbocycles. The number of rotatable bonds is 7. The maximum absolute atomic E-state index is 11.9. The minimum Gasteiger partial charge on any atom is -0.314 e. The van der Waals surface area contributed by atoms with Crippen LogP contribution in [0.15, 0.2) is 0 Å². The highest BCUT2D eigenvalue weighted by Crippen LogP contribution is 2.05. The molecule has 2 rings (SSSR count). The average Bonchev–Trinajstić information content (AvgIpc) is 2.91. The van der Waals surface area contributed by atoms with E-state index in [9.17, 15) is 8.42 Å². The van der Waals surface area contributed by atoms with Crippen LogP contribution >= 0.6 is 0 Å². The van der Waals surface area contributed by atoms with Crippen LogP contribution in [0.4, 0.5) is 0 Å². The molecule has 7 heteroatoms. The van der Waals surface area contributed by atoms with Gasteiger partial charge in [0.2, 0.25) is 10.0 Å². The van der Waals surface area contributed by atoms with Crippen molar-refractivity contribution in [3.63, 3.8) is 0 Å². The van der Waals surface area contributed by atoms with Gasteiger partial charge >= 0.3 is 0 Å². The van der Waals surface area contributed by atoms with Gasteiger partial charge < -0.3 is 10.2 Å². The largest absolute Gasteiger partial charge is 0.314 e. The van der Waals surface area contributed by atoms with E-state index in [0.717, 1.165) is 45.8 Å². The second-order valence-corrected chi connectivity index (χ2v) is 7.28. The SMILES string of the molecule is O=S(=O)(CCN1CCNCC1)NCCN1CCCC1. The smallest absolute Gasteiger partial charge is 0.212 e. The lowest BCUT2D eigenvalue weighted by Gasteiger charge is -2.26. The average molecular weight is 290 g/mol. The molecule has 112 valence electrons. The fourth-order valence-corrected chi connectivity index (χ4v) is 3.67. The second kappa shape index (κ2) is 7.54. The van der Waals surface area contributed by atoms with Crippen molar-refractivity contribution < 1.29 is 8.42 Å². The molecule has 0 unspecified atom stereocenters. The Morgan fingerprint density at radius 1 is 0.947 bits per heavy atom. The zero-order chi connectivity index (χ0) is 13.6. The lowest BCUT2D eigenvalue weighted by Crippen LogP contribution is -2.46. The van der Waals surface area contributed by atoms with Gasteiger partial charge in [-0.05, 0) is 25.9 Å². The molecule has 0 aromatic rings. The molecule has 6 nitrogen and oxygen atoms in total. The van der Waals surface area contributed by atoms with Crippen LogP contribution in [0, 0.1) is 0 Å². The number of hydrogen-bond acceptors (Lipinski definition) is 5. The quantitative estimate of drug-likeness (QED) is 0.624. The van der Waals surface area contributed by atoms with Crippen LogP contribution in [0.1, 0.15) is 12.8 Å². The Balaban J connectivity index is 1.60. The number of nitrogens with one attached hydrogen (secondary N) is 2. The van der Waals surface area contributed by atoms with Crippen molar-refractivity contribution in [2.45, 2.75) is 12.8 Å². The van der Waals surface area contributed by atoms with Crippen LogP contribution < -0.4 is 10.0 Å².